The van der Waals surface area contributed by atoms with Crippen LogP contribution in [-0.4, -0.2) is 27.9 Å². The van der Waals surface area contributed by atoms with Crippen LogP contribution in [0.5, 0.6) is 0 Å². The van der Waals surface area contributed by atoms with Crippen molar-refractivity contribution >= 4 is 21.2 Å². The molecule has 5 nitrogen and oxygen atoms in total. The first-order valence-corrected chi connectivity index (χ1v) is 10.3. The van der Waals surface area contributed by atoms with Gasteiger partial charge in [-0.05, 0) is 29.7 Å². The SMILES string of the molecule is CCCCCS(=O)(=O)n1ncc2c1-c1ccccc1[S+]([O-])C2. The first kappa shape index (κ1) is 15.6. The summed E-state index contributed by atoms with van der Waals surface area (Å²) >= 11 is -1.14. The van der Waals surface area contributed by atoms with E-state index in [1.165, 1.54) is 6.20 Å². The molecule has 1 aromatic heterocycles. The van der Waals surface area contributed by atoms with Crippen molar-refractivity contribution < 1.29 is 13.0 Å². The number of aromatic nitrogens is 2. The van der Waals surface area contributed by atoms with Crippen LogP contribution in [0.25, 0.3) is 11.3 Å². The lowest BCUT2D eigenvalue weighted by Crippen LogP contribution is -2.21. The number of hydrogen-bond donors (Lipinski definition) is 0. The molecule has 118 valence electrons. The quantitative estimate of drug-likeness (QED) is 0.620. The number of rotatable bonds is 5. The van der Waals surface area contributed by atoms with E-state index < -0.39 is 21.2 Å². The molecule has 22 heavy (non-hydrogen) atoms. The average molecular weight is 338 g/mol. The zero-order chi connectivity index (χ0) is 15.7. The molecular formula is C15H18N2O3S2. The van der Waals surface area contributed by atoms with Crippen molar-refractivity contribution in [3.63, 3.8) is 0 Å². The van der Waals surface area contributed by atoms with Crippen LogP contribution in [0.15, 0.2) is 35.4 Å². The summed E-state index contributed by atoms with van der Waals surface area (Å²) in [5.41, 5.74) is 2.02. The summed E-state index contributed by atoms with van der Waals surface area (Å²) in [7, 11) is -3.48. The smallest absolute Gasteiger partial charge is 0.254 e. The molecule has 2 heterocycles. The van der Waals surface area contributed by atoms with E-state index in [0.717, 1.165) is 22.5 Å². The Hall–Kier alpha value is -1.31. The fourth-order valence-electron chi connectivity index (χ4n) is 2.66. The van der Waals surface area contributed by atoms with Gasteiger partial charge in [0.15, 0.2) is 4.90 Å². The summed E-state index contributed by atoms with van der Waals surface area (Å²) in [5.74, 6) is 0.400. The zero-order valence-electron chi connectivity index (χ0n) is 12.4. The molecular weight excluding hydrogens is 320 g/mol. The summed E-state index contributed by atoms with van der Waals surface area (Å²) in [6.45, 7) is 2.04. The maximum absolute atomic E-state index is 12.6. The highest BCUT2D eigenvalue weighted by Crippen LogP contribution is 2.38. The van der Waals surface area contributed by atoms with Gasteiger partial charge in [-0.2, -0.15) is 9.19 Å². The van der Waals surface area contributed by atoms with Crippen LogP contribution in [0.3, 0.4) is 0 Å². The van der Waals surface area contributed by atoms with E-state index in [-0.39, 0.29) is 5.75 Å². The Morgan fingerprint density at radius 3 is 2.86 bits per heavy atom. The molecule has 0 bridgehead atoms. The average Bonchev–Trinajstić information content (AvgIpc) is 2.92. The molecule has 1 aliphatic rings. The van der Waals surface area contributed by atoms with E-state index >= 15 is 0 Å². The maximum atomic E-state index is 12.6. The van der Waals surface area contributed by atoms with E-state index in [9.17, 15) is 13.0 Å². The van der Waals surface area contributed by atoms with Gasteiger partial charge < -0.3 is 4.55 Å². The van der Waals surface area contributed by atoms with Crippen molar-refractivity contribution in [3.05, 3.63) is 36.0 Å². The third-order valence-corrected chi connectivity index (χ3v) is 6.79. The molecule has 3 rings (SSSR count). The Morgan fingerprint density at radius 1 is 1.32 bits per heavy atom. The number of unbranched alkanes of at least 4 members (excludes halogenated alkanes) is 2. The molecule has 0 radical (unpaired) electrons. The fourth-order valence-corrected chi connectivity index (χ4v) is 5.37. The summed E-state index contributed by atoms with van der Waals surface area (Å²) < 4.78 is 38.5. The summed E-state index contributed by atoms with van der Waals surface area (Å²) in [6, 6.07) is 7.24. The fraction of sp³-hybridized carbons (Fsp3) is 0.400. The Morgan fingerprint density at radius 2 is 2.09 bits per heavy atom. The number of hydrogen-bond acceptors (Lipinski definition) is 4. The molecule has 0 spiro atoms. The first-order valence-electron chi connectivity index (χ1n) is 7.32. The van der Waals surface area contributed by atoms with E-state index in [1.807, 2.05) is 25.1 Å². The predicted octanol–water partition coefficient (Wildman–Crippen LogP) is 2.54. The van der Waals surface area contributed by atoms with Crippen molar-refractivity contribution in [2.24, 2.45) is 0 Å². The third-order valence-electron chi connectivity index (χ3n) is 3.76. The summed E-state index contributed by atoms with van der Waals surface area (Å²) in [4.78, 5) is 0.681. The Bertz CT molecular complexity index is 784. The molecule has 1 unspecified atom stereocenters. The third kappa shape index (κ3) is 2.68. The Kier molecular flexibility index (Phi) is 4.29. The van der Waals surface area contributed by atoms with Gasteiger partial charge in [-0.3, -0.25) is 0 Å². The van der Waals surface area contributed by atoms with Crippen LogP contribution in [0.4, 0.5) is 0 Å². The van der Waals surface area contributed by atoms with Gasteiger partial charge in [0.2, 0.25) is 0 Å². The maximum Gasteiger partial charge on any atom is 0.254 e. The zero-order valence-corrected chi connectivity index (χ0v) is 14.0. The Labute approximate surface area is 133 Å². The molecule has 0 saturated heterocycles. The molecule has 0 aliphatic carbocycles. The van der Waals surface area contributed by atoms with Crippen LogP contribution < -0.4 is 0 Å². The van der Waals surface area contributed by atoms with Crippen molar-refractivity contribution in [1.82, 2.24) is 9.19 Å². The van der Waals surface area contributed by atoms with Gasteiger partial charge in [0.1, 0.15) is 5.75 Å². The highest BCUT2D eigenvalue weighted by molar-refractivity contribution is 7.91. The topological polar surface area (TPSA) is 75.0 Å². The lowest BCUT2D eigenvalue weighted by molar-refractivity contribution is 0.575. The number of fused-ring (bicyclic) bond motifs is 3. The minimum atomic E-state index is -3.48. The molecule has 0 N–H and O–H groups in total. The number of benzene rings is 1. The van der Waals surface area contributed by atoms with Crippen LogP contribution in [0.2, 0.25) is 0 Å². The molecule has 0 saturated carbocycles. The van der Waals surface area contributed by atoms with Gasteiger partial charge in [0.25, 0.3) is 10.0 Å². The van der Waals surface area contributed by atoms with Gasteiger partial charge >= 0.3 is 0 Å². The van der Waals surface area contributed by atoms with Gasteiger partial charge in [-0.25, -0.2) is 8.42 Å². The van der Waals surface area contributed by atoms with Crippen molar-refractivity contribution in [2.75, 3.05) is 5.75 Å². The second-order valence-electron chi connectivity index (χ2n) is 5.37. The molecule has 1 atom stereocenters. The van der Waals surface area contributed by atoms with Gasteiger partial charge in [0, 0.05) is 5.56 Å². The van der Waals surface area contributed by atoms with Crippen LogP contribution >= 0.6 is 0 Å². The molecule has 2 aromatic rings. The van der Waals surface area contributed by atoms with E-state index in [4.69, 9.17) is 0 Å². The van der Waals surface area contributed by atoms with Crippen molar-refractivity contribution in [3.8, 4) is 11.3 Å². The molecule has 0 amide bonds. The molecule has 7 heteroatoms. The van der Waals surface area contributed by atoms with Crippen LogP contribution in [0, 0.1) is 0 Å². The van der Waals surface area contributed by atoms with E-state index in [0.29, 0.717) is 28.3 Å². The molecule has 0 fully saturated rings. The van der Waals surface area contributed by atoms with E-state index in [1.54, 1.807) is 6.07 Å². The Balaban J connectivity index is 2.06. The van der Waals surface area contributed by atoms with Gasteiger partial charge in [0.05, 0.1) is 23.2 Å². The minimum Gasteiger partial charge on any atom is -0.611 e. The van der Waals surface area contributed by atoms with Gasteiger partial charge in [-0.15, -0.1) is 0 Å². The monoisotopic (exact) mass is 338 g/mol. The predicted molar refractivity (Wildman–Crippen MR) is 86.5 cm³/mol. The summed E-state index contributed by atoms with van der Waals surface area (Å²) in [5, 5.41) is 4.08. The largest absolute Gasteiger partial charge is 0.611 e. The lowest BCUT2D eigenvalue weighted by Gasteiger charge is -2.20. The second-order valence-corrected chi connectivity index (χ2v) is 8.71. The highest BCUT2D eigenvalue weighted by atomic mass is 32.2. The second kappa shape index (κ2) is 6.06. The van der Waals surface area contributed by atoms with Crippen LogP contribution in [-0.2, 0) is 27.0 Å². The molecule has 1 aliphatic heterocycles. The molecule has 1 aromatic carbocycles. The number of nitrogens with zero attached hydrogens (tertiary/aromatic N) is 2. The first-order chi connectivity index (χ1) is 10.5. The standard InChI is InChI=1S/C15H18N2O3S2/c1-2-3-6-9-22(19,20)17-15-12(10-16-17)11-21(18)14-8-5-4-7-13(14)15/h4-5,7-8,10H,2-3,6,9,11H2,1H3. The van der Waals surface area contributed by atoms with Crippen LogP contribution in [0.1, 0.15) is 31.7 Å². The lowest BCUT2D eigenvalue weighted by atomic mass is 10.1. The summed E-state index contributed by atoms with van der Waals surface area (Å²) in [6.07, 6.45) is 4.00. The van der Waals surface area contributed by atoms with Gasteiger partial charge in [-0.1, -0.05) is 31.9 Å². The highest BCUT2D eigenvalue weighted by Gasteiger charge is 2.33. The normalized spacial score (nSPS) is 17.1. The van der Waals surface area contributed by atoms with Crippen molar-refractivity contribution in [2.45, 2.75) is 36.8 Å². The van der Waals surface area contributed by atoms with Crippen molar-refractivity contribution in [1.29, 1.82) is 0 Å². The van der Waals surface area contributed by atoms with E-state index in [2.05, 4.69) is 5.10 Å². The minimum absolute atomic E-state index is 0.0835.